The Bertz CT molecular complexity index is 646. The summed E-state index contributed by atoms with van der Waals surface area (Å²) in [5, 5.41) is 4.79. The van der Waals surface area contributed by atoms with Crippen molar-refractivity contribution in [2.75, 3.05) is 7.11 Å². The van der Waals surface area contributed by atoms with Crippen molar-refractivity contribution in [2.24, 2.45) is 5.73 Å². The molecule has 1 aromatic heterocycles. The molecule has 0 spiro atoms. The molecule has 2 N–H and O–H groups in total. The van der Waals surface area contributed by atoms with E-state index in [2.05, 4.69) is 23.7 Å². The first-order valence-corrected chi connectivity index (χ1v) is 9.01. The standard InChI is InChI=1S/C19H28N4O.ClH/c1-3-4-12-23-19(15-10-11-17(24-2)16(20)13-15)21-18(22-23)14-8-6-5-7-9-14;/h5-9,15-17H,3-4,10-13,20H2,1-2H3;1H/t15-,16+,17+;/m0./s1. The highest BCUT2D eigenvalue weighted by molar-refractivity contribution is 5.85. The highest BCUT2D eigenvalue weighted by atomic mass is 35.5. The lowest BCUT2D eigenvalue weighted by Crippen LogP contribution is -2.41. The number of benzene rings is 1. The lowest BCUT2D eigenvalue weighted by atomic mass is 9.83. The van der Waals surface area contributed by atoms with Gasteiger partial charge in [0, 0.05) is 31.2 Å². The highest BCUT2D eigenvalue weighted by Gasteiger charge is 2.32. The van der Waals surface area contributed by atoms with Crippen LogP contribution >= 0.6 is 12.4 Å². The van der Waals surface area contributed by atoms with E-state index in [0.29, 0.717) is 5.92 Å². The number of ether oxygens (including phenoxy) is 1. The van der Waals surface area contributed by atoms with Crippen molar-refractivity contribution >= 4 is 12.4 Å². The van der Waals surface area contributed by atoms with Gasteiger partial charge in [-0.2, -0.15) is 5.10 Å². The van der Waals surface area contributed by atoms with Gasteiger partial charge in [-0.3, -0.25) is 0 Å². The SMILES string of the molecule is CCCCn1nc(-c2ccccc2)nc1[C@H]1CC[C@@H](OC)[C@H](N)C1.Cl. The van der Waals surface area contributed by atoms with E-state index in [1.54, 1.807) is 7.11 Å². The number of aryl methyl sites for hydroxylation is 1. The van der Waals surface area contributed by atoms with Crippen LogP contribution in [0.1, 0.15) is 50.8 Å². The summed E-state index contributed by atoms with van der Waals surface area (Å²) >= 11 is 0. The molecule has 1 heterocycles. The van der Waals surface area contributed by atoms with Gasteiger partial charge in [-0.15, -0.1) is 12.4 Å². The van der Waals surface area contributed by atoms with Gasteiger partial charge in [-0.1, -0.05) is 43.7 Å². The molecule has 0 aliphatic heterocycles. The molecule has 2 aromatic rings. The fourth-order valence-electron chi connectivity index (χ4n) is 3.54. The maximum atomic E-state index is 6.30. The molecule has 0 radical (unpaired) electrons. The zero-order chi connectivity index (χ0) is 16.9. The molecule has 25 heavy (non-hydrogen) atoms. The van der Waals surface area contributed by atoms with E-state index in [9.17, 15) is 0 Å². The van der Waals surface area contributed by atoms with Gasteiger partial charge in [0.15, 0.2) is 5.82 Å². The van der Waals surface area contributed by atoms with Crippen molar-refractivity contribution in [3.63, 3.8) is 0 Å². The normalized spacial score (nSPS) is 23.2. The number of methoxy groups -OCH3 is 1. The van der Waals surface area contributed by atoms with Crippen LogP contribution in [0.15, 0.2) is 30.3 Å². The van der Waals surface area contributed by atoms with Crippen LogP contribution in [0.3, 0.4) is 0 Å². The van der Waals surface area contributed by atoms with Crippen LogP contribution in [0.5, 0.6) is 0 Å². The molecule has 0 amide bonds. The summed E-state index contributed by atoms with van der Waals surface area (Å²) in [6.07, 6.45) is 5.40. The third kappa shape index (κ3) is 4.60. The summed E-state index contributed by atoms with van der Waals surface area (Å²) in [6, 6.07) is 10.3. The first-order valence-electron chi connectivity index (χ1n) is 9.01. The van der Waals surface area contributed by atoms with Gasteiger partial charge in [0.1, 0.15) is 5.82 Å². The topological polar surface area (TPSA) is 66.0 Å². The molecule has 6 heteroatoms. The van der Waals surface area contributed by atoms with Crippen molar-refractivity contribution in [3.05, 3.63) is 36.2 Å². The van der Waals surface area contributed by atoms with Crippen LogP contribution in [0.4, 0.5) is 0 Å². The third-order valence-electron chi connectivity index (χ3n) is 4.96. The van der Waals surface area contributed by atoms with E-state index in [1.165, 1.54) is 0 Å². The van der Waals surface area contributed by atoms with Gasteiger partial charge in [0.05, 0.1) is 6.10 Å². The molecule has 1 aliphatic carbocycles. The van der Waals surface area contributed by atoms with Crippen LogP contribution in [-0.2, 0) is 11.3 Å². The molecule has 0 saturated heterocycles. The van der Waals surface area contributed by atoms with Gasteiger partial charge in [-0.25, -0.2) is 9.67 Å². The van der Waals surface area contributed by atoms with Crippen LogP contribution in [0.25, 0.3) is 11.4 Å². The molecular weight excluding hydrogens is 336 g/mol. The fourth-order valence-corrected chi connectivity index (χ4v) is 3.54. The molecule has 5 nitrogen and oxygen atoms in total. The van der Waals surface area contributed by atoms with Gasteiger partial charge < -0.3 is 10.5 Å². The average Bonchev–Trinajstić information content (AvgIpc) is 3.05. The lowest BCUT2D eigenvalue weighted by molar-refractivity contribution is 0.0479. The molecule has 3 rings (SSSR count). The number of hydrogen-bond donors (Lipinski definition) is 1. The van der Waals surface area contributed by atoms with Gasteiger partial charge in [-0.05, 0) is 25.7 Å². The van der Waals surface area contributed by atoms with Crippen LogP contribution in [-0.4, -0.2) is 34.0 Å². The third-order valence-corrected chi connectivity index (χ3v) is 4.96. The fraction of sp³-hybridized carbons (Fsp3) is 0.579. The van der Waals surface area contributed by atoms with Crippen LogP contribution < -0.4 is 5.73 Å². The molecule has 138 valence electrons. The quantitative estimate of drug-likeness (QED) is 0.847. The molecular formula is C19H29ClN4O. The number of rotatable bonds is 6. The summed E-state index contributed by atoms with van der Waals surface area (Å²) in [5.41, 5.74) is 7.38. The van der Waals surface area contributed by atoms with Crippen molar-refractivity contribution in [1.82, 2.24) is 14.8 Å². The molecule has 0 unspecified atom stereocenters. The van der Waals surface area contributed by atoms with Crippen molar-refractivity contribution < 1.29 is 4.74 Å². The molecule has 1 aliphatic rings. The zero-order valence-electron chi connectivity index (χ0n) is 15.1. The van der Waals surface area contributed by atoms with Crippen molar-refractivity contribution in [1.29, 1.82) is 0 Å². The van der Waals surface area contributed by atoms with Crippen LogP contribution in [0.2, 0.25) is 0 Å². The number of hydrogen-bond acceptors (Lipinski definition) is 4. The van der Waals surface area contributed by atoms with Gasteiger partial charge in [0.25, 0.3) is 0 Å². The molecule has 0 bridgehead atoms. The molecule has 1 saturated carbocycles. The van der Waals surface area contributed by atoms with Gasteiger partial charge in [0.2, 0.25) is 0 Å². The summed E-state index contributed by atoms with van der Waals surface area (Å²) in [6.45, 7) is 3.12. The maximum Gasteiger partial charge on any atom is 0.181 e. The second-order valence-corrected chi connectivity index (χ2v) is 6.68. The Hall–Kier alpha value is -1.43. The van der Waals surface area contributed by atoms with E-state index in [-0.39, 0.29) is 24.6 Å². The maximum absolute atomic E-state index is 6.30. The zero-order valence-corrected chi connectivity index (χ0v) is 15.9. The summed E-state index contributed by atoms with van der Waals surface area (Å²) in [5.74, 6) is 2.28. The largest absolute Gasteiger partial charge is 0.380 e. The van der Waals surface area contributed by atoms with E-state index >= 15 is 0 Å². The summed E-state index contributed by atoms with van der Waals surface area (Å²) in [4.78, 5) is 4.90. The number of nitrogens with zero attached hydrogens (tertiary/aromatic N) is 3. The first kappa shape index (κ1) is 19.9. The van der Waals surface area contributed by atoms with E-state index in [4.69, 9.17) is 20.6 Å². The minimum absolute atomic E-state index is 0. The minimum atomic E-state index is 0. The second kappa shape index (κ2) is 9.32. The average molecular weight is 365 g/mol. The Morgan fingerprint density at radius 1 is 1.24 bits per heavy atom. The molecule has 1 fully saturated rings. The van der Waals surface area contributed by atoms with Crippen molar-refractivity contribution in [3.8, 4) is 11.4 Å². The summed E-state index contributed by atoms with van der Waals surface area (Å²) in [7, 11) is 1.75. The van der Waals surface area contributed by atoms with Crippen LogP contribution in [0, 0.1) is 0 Å². The smallest absolute Gasteiger partial charge is 0.181 e. The highest BCUT2D eigenvalue weighted by Crippen LogP contribution is 2.33. The van der Waals surface area contributed by atoms with E-state index < -0.39 is 0 Å². The summed E-state index contributed by atoms with van der Waals surface area (Å²) < 4.78 is 7.60. The monoisotopic (exact) mass is 364 g/mol. The van der Waals surface area contributed by atoms with Crippen molar-refractivity contribution in [2.45, 2.75) is 63.6 Å². The Morgan fingerprint density at radius 3 is 2.64 bits per heavy atom. The van der Waals surface area contributed by atoms with Gasteiger partial charge >= 0.3 is 0 Å². The first-order chi connectivity index (χ1) is 11.7. The molecule has 3 atom stereocenters. The van der Waals surface area contributed by atoms with E-state index in [1.807, 2.05) is 18.2 Å². The predicted molar refractivity (Wildman–Crippen MR) is 103 cm³/mol. The number of aromatic nitrogens is 3. The minimum Gasteiger partial charge on any atom is -0.380 e. The Balaban J connectivity index is 0.00000225. The molecule has 1 aromatic carbocycles. The Labute approximate surface area is 156 Å². The lowest BCUT2D eigenvalue weighted by Gasteiger charge is -2.32. The number of unbranched alkanes of at least 4 members (excludes halogenated alkanes) is 1. The number of halogens is 1. The Morgan fingerprint density at radius 2 is 2.00 bits per heavy atom. The predicted octanol–water partition coefficient (Wildman–Crippen LogP) is 3.78. The second-order valence-electron chi connectivity index (χ2n) is 6.68. The van der Waals surface area contributed by atoms with E-state index in [0.717, 1.165) is 55.9 Å². The Kier molecular flexibility index (Phi) is 7.41. The number of nitrogens with two attached hydrogens (primary N) is 1.